The van der Waals surface area contributed by atoms with Gasteiger partial charge in [-0.25, -0.2) is 9.79 Å². The van der Waals surface area contributed by atoms with Gasteiger partial charge in [-0.15, -0.1) is 0 Å². The number of allylic oxidation sites excluding steroid dienone is 1. The van der Waals surface area contributed by atoms with Crippen LogP contribution in [0.5, 0.6) is 0 Å². The summed E-state index contributed by atoms with van der Waals surface area (Å²) in [5.41, 5.74) is 5.05. The average molecular weight is 486 g/mol. The molecule has 5 rings (SSSR count). The van der Waals surface area contributed by atoms with E-state index in [1.54, 1.807) is 4.57 Å². The quantitative estimate of drug-likeness (QED) is 0.400. The number of carbonyl (C=O) groups excluding carboxylic acids is 1. The van der Waals surface area contributed by atoms with Crippen LogP contribution in [0.1, 0.15) is 43.1 Å². The van der Waals surface area contributed by atoms with Gasteiger partial charge in [0.15, 0.2) is 4.80 Å². The molecular weight excluding hydrogens is 458 g/mol. The number of methoxy groups -OCH3 is 1. The maximum Gasteiger partial charge on any atom is 0.338 e. The van der Waals surface area contributed by atoms with Crippen molar-refractivity contribution in [1.29, 1.82) is 0 Å². The molecule has 0 radical (unpaired) electrons. The number of benzene rings is 2. The van der Waals surface area contributed by atoms with Crippen LogP contribution in [-0.2, 0) is 16.1 Å². The van der Waals surface area contributed by atoms with Crippen LogP contribution < -0.4 is 14.9 Å². The first-order valence-electron chi connectivity index (χ1n) is 11.8. The fraction of sp³-hybridized carbons (Fsp3) is 0.250. The second-order valence-corrected chi connectivity index (χ2v) is 9.47. The van der Waals surface area contributed by atoms with Crippen LogP contribution in [0.4, 0.5) is 0 Å². The zero-order valence-electron chi connectivity index (χ0n) is 20.2. The van der Waals surface area contributed by atoms with Gasteiger partial charge in [-0.2, -0.15) is 0 Å². The van der Waals surface area contributed by atoms with Crippen LogP contribution in [-0.4, -0.2) is 22.2 Å². The van der Waals surface area contributed by atoms with Crippen molar-refractivity contribution >= 4 is 34.3 Å². The summed E-state index contributed by atoms with van der Waals surface area (Å²) in [6, 6.07) is 17.3. The van der Waals surface area contributed by atoms with Crippen molar-refractivity contribution in [2.24, 2.45) is 4.99 Å². The molecular formula is C28H27N3O3S. The molecule has 0 unspecified atom stereocenters. The minimum atomic E-state index is -0.588. The first-order valence-corrected chi connectivity index (χ1v) is 12.6. The Morgan fingerprint density at radius 1 is 1.11 bits per heavy atom. The maximum atomic E-state index is 13.9. The molecule has 178 valence electrons. The Kier molecular flexibility index (Phi) is 6.03. The highest BCUT2D eigenvalue weighted by Gasteiger charge is 2.33. The van der Waals surface area contributed by atoms with E-state index in [2.05, 4.69) is 30.5 Å². The van der Waals surface area contributed by atoms with Gasteiger partial charge in [-0.05, 0) is 38.0 Å². The lowest BCUT2D eigenvalue weighted by Gasteiger charge is -2.25. The van der Waals surface area contributed by atoms with Gasteiger partial charge in [0.05, 0.1) is 29.0 Å². The Labute approximate surface area is 207 Å². The summed E-state index contributed by atoms with van der Waals surface area (Å²) in [5.74, 6) is -0.462. The van der Waals surface area contributed by atoms with Crippen molar-refractivity contribution in [3.05, 3.63) is 102 Å². The molecule has 0 saturated carbocycles. The van der Waals surface area contributed by atoms with E-state index in [4.69, 9.17) is 9.73 Å². The molecule has 2 aromatic carbocycles. The van der Waals surface area contributed by atoms with Crippen molar-refractivity contribution in [2.75, 3.05) is 7.11 Å². The van der Waals surface area contributed by atoms with Crippen LogP contribution >= 0.6 is 11.3 Å². The second kappa shape index (κ2) is 9.15. The van der Waals surface area contributed by atoms with Gasteiger partial charge in [0.25, 0.3) is 5.56 Å². The third-order valence-electron chi connectivity index (χ3n) is 6.64. The van der Waals surface area contributed by atoms with E-state index < -0.39 is 12.0 Å². The summed E-state index contributed by atoms with van der Waals surface area (Å²) in [4.78, 5) is 32.1. The topological polar surface area (TPSA) is 65.6 Å². The molecule has 0 fully saturated rings. The Morgan fingerprint density at radius 3 is 2.51 bits per heavy atom. The molecule has 4 aromatic rings. The molecule has 0 saturated heterocycles. The van der Waals surface area contributed by atoms with Gasteiger partial charge in [-0.3, -0.25) is 9.36 Å². The first kappa shape index (κ1) is 23.1. The minimum absolute atomic E-state index is 0.160. The lowest BCUT2D eigenvalue weighted by Crippen LogP contribution is -2.40. The van der Waals surface area contributed by atoms with Crippen LogP contribution in [0.25, 0.3) is 17.0 Å². The number of carbonyl (C=O) groups is 1. The van der Waals surface area contributed by atoms with Gasteiger partial charge in [-0.1, -0.05) is 66.8 Å². The number of thiazole rings is 1. The fourth-order valence-electron chi connectivity index (χ4n) is 4.99. The minimum Gasteiger partial charge on any atom is -0.466 e. The molecule has 0 bridgehead atoms. The average Bonchev–Trinajstić information content (AvgIpc) is 3.35. The summed E-state index contributed by atoms with van der Waals surface area (Å²) in [6.45, 7) is 7.01. The molecule has 2 aromatic heterocycles. The number of ether oxygens (including phenoxy) is 1. The highest BCUT2D eigenvalue weighted by Crippen LogP contribution is 2.32. The predicted molar refractivity (Wildman–Crippen MR) is 139 cm³/mol. The van der Waals surface area contributed by atoms with E-state index in [9.17, 15) is 9.59 Å². The molecule has 0 aliphatic carbocycles. The summed E-state index contributed by atoms with van der Waals surface area (Å²) in [5, 5.41) is 1.11. The van der Waals surface area contributed by atoms with Crippen molar-refractivity contribution < 1.29 is 9.53 Å². The molecule has 35 heavy (non-hydrogen) atoms. The van der Waals surface area contributed by atoms with E-state index in [0.29, 0.717) is 27.0 Å². The van der Waals surface area contributed by atoms with E-state index in [-0.39, 0.29) is 5.56 Å². The highest BCUT2D eigenvalue weighted by molar-refractivity contribution is 7.07. The summed E-state index contributed by atoms with van der Waals surface area (Å²) < 4.78 is 9.63. The first-order chi connectivity index (χ1) is 17.0. The predicted octanol–water partition coefficient (Wildman–Crippen LogP) is 4.08. The molecule has 1 atom stereocenters. The third-order valence-corrected chi connectivity index (χ3v) is 7.62. The number of rotatable bonds is 5. The molecule has 3 heterocycles. The van der Waals surface area contributed by atoms with Crippen molar-refractivity contribution in [1.82, 2.24) is 9.13 Å². The van der Waals surface area contributed by atoms with Gasteiger partial charge < -0.3 is 9.30 Å². The second-order valence-electron chi connectivity index (χ2n) is 8.46. The van der Waals surface area contributed by atoms with Gasteiger partial charge >= 0.3 is 5.97 Å². The van der Waals surface area contributed by atoms with E-state index >= 15 is 0 Å². The Balaban J connectivity index is 1.81. The monoisotopic (exact) mass is 485 g/mol. The summed E-state index contributed by atoms with van der Waals surface area (Å²) in [7, 11) is 1.36. The van der Waals surface area contributed by atoms with Crippen LogP contribution in [0.15, 0.2) is 75.7 Å². The Morgan fingerprint density at radius 2 is 1.83 bits per heavy atom. The standard InChI is InChI=1S/C28H27N3O3S/c1-5-21-24(27(33)34-4)25(18-12-8-7-9-13-18)31-26(32)23(35-28(31)29-21)16-20-17(3)30(6-2)22-15-11-10-14-19(20)22/h7-16,25H,5-6H2,1-4H3/b23-16+/t25-/m1/s1. The zero-order chi connectivity index (χ0) is 24.7. The normalized spacial score (nSPS) is 15.9. The molecule has 6 nitrogen and oxygen atoms in total. The lowest BCUT2D eigenvalue weighted by molar-refractivity contribution is -0.136. The zero-order valence-corrected chi connectivity index (χ0v) is 21.1. The van der Waals surface area contributed by atoms with Gasteiger partial charge in [0.2, 0.25) is 0 Å². The smallest absolute Gasteiger partial charge is 0.338 e. The van der Waals surface area contributed by atoms with E-state index in [1.807, 2.05) is 55.5 Å². The number of aryl methyl sites for hydroxylation is 1. The maximum absolute atomic E-state index is 13.9. The Bertz CT molecular complexity index is 1660. The molecule has 0 spiro atoms. The van der Waals surface area contributed by atoms with Crippen LogP contribution in [0.3, 0.4) is 0 Å². The van der Waals surface area contributed by atoms with Crippen molar-refractivity contribution in [2.45, 2.75) is 39.8 Å². The number of nitrogens with zero attached hydrogens (tertiary/aromatic N) is 3. The van der Waals surface area contributed by atoms with E-state index in [0.717, 1.165) is 34.3 Å². The summed E-state index contributed by atoms with van der Waals surface area (Å²) in [6.07, 6.45) is 2.53. The van der Waals surface area contributed by atoms with Gasteiger partial charge in [0.1, 0.15) is 0 Å². The third kappa shape index (κ3) is 3.67. The van der Waals surface area contributed by atoms with Crippen LogP contribution in [0.2, 0.25) is 0 Å². The number of esters is 1. The molecule has 0 amide bonds. The molecule has 1 aliphatic heterocycles. The van der Waals surface area contributed by atoms with Gasteiger partial charge in [0, 0.05) is 28.7 Å². The number of para-hydroxylation sites is 1. The summed E-state index contributed by atoms with van der Waals surface area (Å²) >= 11 is 1.36. The van der Waals surface area contributed by atoms with Crippen molar-refractivity contribution in [3.63, 3.8) is 0 Å². The molecule has 1 aliphatic rings. The van der Waals surface area contributed by atoms with Crippen molar-refractivity contribution in [3.8, 4) is 0 Å². The number of hydrogen-bond donors (Lipinski definition) is 0. The molecule has 7 heteroatoms. The number of aromatic nitrogens is 2. The Hall–Kier alpha value is -3.71. The number of fused-ring (bicyclic) bond motifs is 2. The largest absolute Gasteiger partial charge is 0.466 e. The van der Waals surface area contributed by atoms with Crippen LogP contribution in [0, 0.1) is 6.92 Å². The lowest BCUT2D eigenvalue weighted by atomic mass is 9.95. The van der Waals surface area contributed by atoms with E-state index in [1.165, 1.54) is 18.4 Å². The number of hydrogen-bond acceptors (Lipinski definition) is 5. The molecule has 0 N–H and O–H groups in total. The highest BCUT2D eigenvalue weighted by atomic mass is 32.1. The fourth-order valence-corrected chi connectivity index (χ4v) is 6.00. The SMILES string of the molecule is CCC1=C(C(=O)OC)[C@@H](c2ccccc2)n2c(s/c(=C/c3c(C)n(CC)c4ccccc34)c2=O)=N1.